The molecule has 3 N–H and O–H groups in total. The van der Waals surface area contributed by atoms with Gasteiger partial charge in [-0.1, -0.05) is 58.0 Å². The van der Waals surface area contributed by atoms with Crippen LogP contribution in [0.5, 0.6) is 11.5 Å². The minimum Gasteiger partial charge on any atom is -0.493 e. The molecule has 1 aromatic heterocycles. The molecule has 208 valence electrons. The van der Waals surface area contributed by atoms with Gasteiger partial charge in [0.1, 0.15) is 12.3 Å². The second kappa shape index (κ2) is 14.4. The van der Waals surface area contributed by atoms with E-state index in [0.29, 0.717) is 43.1 Å². The largest absolute Gasteiger partial charge is 0.493 e. The van der Waals surface area contributed by atoms with Crippen molar-refractivity contribution in [3.05, 3.63) is 76.0 Å². The highest BCUT2D eigenvalue weighted by atomic mass is 79.9. The zero-order valence-corrected chi connectivity index (χ0v) is 25.0. The minimum absolute atomic E-state index is 0. The van der Waals surface area contributed by atoms with Crippen molar-refractivity contribution in [3.8, 4) is 11.5 Å². The second-order valence-electron chi connectivity index (χ2n) is 10.4. The van der Waals surface area contributed by atoms with Crippen molar-refractivity contribution in [1.29, 1.82) is 5.41 Å². The van der Waals surface area contributed by atoms with Crippen LogP contribution in [0.15, 0.2) is 47.0 Å². The lowest BCUT2D eigenvalue weighted by Crippen LogP contribution is -2.23. The summed E-state index contributed by atoms with van der Waals surface area (Å²) in [5.41, 5.74) is 8.91. The van der Waals surface area contributed by atoms with Gasteiger partial charge in [-0.25, -0.2) is 0 Å². The first-order valence-corrected chi connectivity index (χ1v) is 13.1. The van der Waals surface area contributed by atoms with Crippen LogP contribution in [0.3, 0.4) is 0 Å². The van der Waals surface area contributed by atoms with Crippen LogP contribution in [0.2, 0.25) is 0 Å². The maximum Gasteiger partial charge on any atom is 0.185 e. The normalized spacial score (nSPS) is 11.2. The highest BCUT2D eigenvalue weighted by molar-refractivity contribution is 8.93. The van der Waals surface area contributed by atoms with Crippen molar-refractivity contribution < 1.29 is 18.8 Å². The number of halogens is 1. The van der Waals surface area contributed by atoms with Crippen LogP contribution in [0.25, 0.3) is 0 Å². The van der Waals surface area contributed by atoms with E-state index >= 15 is 0 Å². The molecule has 8 heteroatoms. The molecule has 0 saturated heterocycles. The van der Waals surface area contributed by atoms with Gasteiger partial charge in [0.15, 0.2) is 22.8 Å². The van der Waals surface area contributed by atoms with Crippen molar-refractivity contribution in [3.63, 3.8) is 0 Å². The fourth-order valence-electron chi connectivity index (χ4n) is 4.32. The molecule has 0 saturated carbocycles. The average molecular weight is 589 g/mol. The Kier molecular flexibility index (Phi) is 11.9. The highest BCUT2D eigenvalue weighted by Gasteiger charge is 2.26. The lowest BCUT2D eigenvalue weighted by Gasteiger charge is -2.25. The van der Waals surface area contributed by atoms with Crippen LogP contribution in [0, 0.1) is 5.41 Å². The zero-order chi connectivity index (χ0) is 27.0. The second-order valence-corrected chi connectivity index (χ2v) is 10.4. The number of methoxy groups -OCH3 is 1. The first-order chi connectivity index (χ1) is 17.7. The van der Waals surface area contributed by atoms with Crippen molar-refractivity contribution >= 4 is 22.8 Å². The predicted octanol–water partition coefficient (Wildman–Crippen LogP) is 5.99. The summed E-state index contributed by atoms with van der Waals surface area (Å²) in [5.74, 6) is 1.79. The van der Waals surface area contributed by atoms with E-state index in [4.69, 9.17) is 25.1 Å². The molecule has 38 heavy (non-hydrogen) atoms. The summed E-state index contributed by atoms with van der Waals surface area (Å²) < 4.78 is 19.2. The molecular formula is C30H42BrN3O4. The van der Waals surface area contributed by atoms with Crippen LogP contribution < -0.4 is 20.7 Å². The topological polar surface area (TPSA) is 103 Å². The number of nitrogens with one attached hydrogen (secondary N) is 1. The predicted molar refractivity (Wildman–Crippen MR) is 156 cm³/mol. The fourth-order valence-corrected chi connectivity index (χ4v) is 4.32. The average Bonchev–Trinajstić information content (AvgIpc) is 3.15. The number of hydrogen-bond acceptors (Lipinski definition) is 6. The summed E-state index contributed by atoms with van der Waals surface area (Å²) in [5, 5.41) is 8.79. The van der Waals surface area contributed by atoms with E-state index in [1.165, 1.54) is 4.74 Å². The Labute approximate surface area is 236 Å². The molecule has 0 fully saturated rings. The number of nitrogens with zero attached hydrogens (tertiary/aromatic N) is 1. The first kappa shape index (κ1) is 31.4. The SMILES string of the molecule is Br.CCCc1on(CC(=O)c2cc(OCCCCN)c(OC)c(C(C)(C)C)c2)c(=N)c1Cc1ccccc1. The molecule has 0 aliphatic heterocycles. The summed E-state index contributed by atoms with van der Waals surface area (Å²) in [4.78, 5) is 13.5. The number of hydrogen-bond donors (Lipinski definition) is 2. The number of ether oxygens (including phenoxy) is 2. The number of Topliss-reactive ketones (excluding diaryl/α,β-unsaturated/α-hetero) is 1. The molecule has 0 bridgehead atoms. The standard InChI is InChI=1S/C30H41N3O4.BrH/c1-6-12-26-23(17-21-13-8-7-9-14-21)29(32)33(37-26)20-25(34)22-18-24(30(2,3)4)28(35-5)27(19-22)36-16-11-10-15-31;/h7-9,13-14,18-19,32H,6,10-12,15-17,20,31H2,1-5H3;1H. The number of nitrogens with two attached hydrogens (primary N) is 1. The number of carbonyl (C=O) groups excluding carboxylic acids is 1. The van der Waals surface area contributed by atoms with Crippen molar-refractivity contribution in [1.82, 2.24) is 4.74 Å². The number of aromatic nitrogens is 1. The molecule has 0 atom stereocenters. The number of aryl methyl sites for hydroxylation is 1. The smallest absolute Gasteiger partial charge is 0.185 e. The molecule has 2 aromatic carbocycles. The van der Waals surface area contributed by atoms with Gasteiger partial charge in [-0.15, -0.1) is 17.0 Å². The third-order valence-electron chi connectivity index (χ3n) is 6.33. The molecule has 0 radical (unpaired) electrons. The van der Waals surface area contributed by atoms with Gasteiger partial charge in [0.25, 0.3) is 0 Å². The maximum absolute atomic E-state index is 13.5. The summed E-state index contributed by atoms with van der Waals surface area (Å²) in [7, 11) is 1.62. The fraction of sp³-hybridized carbons (Fsp3) is 0.467. The maximum atomic E-state index is 13.5. The Balaban J connectivity index is 0.00000507. The molecule has 0 aliphatic carbocycles. The van der Waals surface area contributed by atoms with Gasteiger partial charge in [0, 0.05) is 29.5 Å². The summed E-state index contributed by atoms with van der Waals surface area (Å²) >= 11 is 0. The molecule has 0 amide bonds. The van der Waals surface area contributed by atoms with Crippen LogP contribution >= 0.6 is 17.0 Å². The van der Waals surface area contributed by atoms with Gasteiger partial charge in [-0.2, -0.15) is 4.74 Å². The van der Waals surface area contributed by atoms with E-state index in [2.05, 4.69) is 27.7 Å². The Morgan fingerprint density at radius 2 is 1.84 bits per heavy atom. The van der Waals surface area contributed by atoms with Crippen LogP contribution in [-0.2, 0) is 24.8 Å². The number of carbonyl (C=O) groups is 1. The Morgan fingerprint density at radius 3 is 2.45 bits per heavy atom. The molecular weight excluding hydrogens is 546 g/mol. The molecule has 0 aliphatic rings. The first-order valence-electron chi connectivity index (χ1n) is 13.1. The van der Waals surface area contributed by atoms with Crippen LogP contribution in [0.1, 0.15) is 79.8 Å². The molecule has 1 heterocycles. The van der Waals surface area contributed by atoms with E-state index in [1.807, 2.05) is 36.4 Å². The number of benzene rings is 2. The minimum atomic E-state index is -0.271. The third kappa shape index (κ3) is 7.84. The molecule has 0 spiro atoms. The lowest BCUT2D eigenvalue weighted by atomic mass is 9.84. The number of unbranched alkanes of at least 4 members (excludes halogenated alkanes) is 1. The van der Waals surface area contributed by atoms with E-state index in [-0.39, 0.29) is 40.2 Å². The van der Waals surface area contributed by atoms with Crippen molar-refractivity contribution in [2.24, 2.45) is 5.73 Å². The molecule has 3 rings (SSSR count). The Hall–Kier alpha value is -2.84. The van der Waals surface area contributed by atoms with E-state index in [0.717, 1.165) is 41.7 Å². The summed E-state index contributed by atoms with van der Waals surface area (Å²) in [6, 6.07) is 13.6. The summed E-state index contributed by atoms with van der Waals surface area (Å²) in [6.45, 7) is 9.34. The summed E-state index contributed by atoms with van der Waals surface area (Å²) in [6.07, 6.45) is 3.88. The quantitative estimate of drug-likeness (QED) is 0.189. The Bertz CT molecular complexity index is 1240. The van der Waals surface area contributed by atoms with Crippen LogP contribution in [-0.4, -0.2) is 30.8 Å². The van der Waals surface area contributed by atoms with Gasteiger partial charge in [-0.3, -0.25) is 10.2 Å². The highest BCUT2D eigenvalue weighted by Crippen LogP contribution is 2.40. The zero-order valence-electron chi connectivity index (χ0n) is 23.3. The van der Waals surface area contributed by atoms with E-state index in [1.54, 1.807) is 13.2 Å². The van der Waals surface area contributed by atoms with Gasteiger partial charge >= 0.3 is 0 Å². The van der Waals surface area contributed by atoms with Gasteiger partial charge in [-0.05, 0) is 48.9 Å². The van der Waals surface area contributed by atoms with Gasteiger partial charge in [0.05, 0.1) is 13.7 Å². The number of rotatable bonds is 13. The lowest BCUT2D eigenvalue weighted by molar-refractivity contribution is 0.0921. The van der Waals surface area contributed by atoms with Gasteiger partial charge in [0.2, 0.25) is 0 Å². The third-order valence-corrected chi connectivity index (χ3v) is 6.33. The monoisotopic (exact) mass is 587 g/mol. The Morgan fingerprint density at radius 1 is 1.13 bits per heavy atom. The van der Waals surface area contributed by atoms with Gasteiger partial charge < -0.3 is 19.7 Å². The molecule has 7 nitrogen and oxygen atoms in total. The molecule has 3 aromatic rings. The van der Waals surface area contributed by atoms with E-state index in [9.17, 15) is 4.79 Å². The van der Waals surface area contributed by atoms with Crippen molar-refractivity contribution in [2.75, 3.05) is 20.3 Å². The van der Waals surface area contributed by atoms with E-state index < -0.39 is 0 Å². The van der Waals surface area contributed by atoms with Crippen LogP contribution in [0.4, 0.5) is 0 Å². The number of ketones is 1. The molecule has 0 unspecified atom stereocenters. The van der Waals surface area contributed by atoms with Crippen molar-refractivity contribution in [2.45, 2.75) is 71.8 Å².